The van der Waals surface area contributed by atoms with Crippen molar-refractivity contribution in [2.75, 3.05) is 0 Å². The van der Waals surface area contributed by atoms with Crippen molar-refractivity contribution in [3.63, 3.8) is 0 Å². The summed E-state index contributed by atoms with van der Waals surface area (Å²) in [5.74, 6) is 0. The third kappa shape index (κ3) is 11.0. The van der Waals surface area contributed by atoms with Crippen molar-refractivity contribution in [3.8, 4) is 0 Å². The van der Waals surface area contributed by atoms with Gasteiger partial charge in [0.2, 0.25) is 0 Å². The summed E-state index contributed by atoms with van der Waals surface area (Å²) < 4.78 is 0. The first-order valence-electron chi connectivity index (χ1n) is 10.6. The van der Waals surface area contributed by atoms with Crippen molar-refractivity contribution in [1.29, 1.82) is 0 Å². The maximum atomic E-state index is 6.46. The molecule has 158 valence electrons. The minimum absolute atomic E-state index is 0. The Morgan fingerprint density at radius 2 is 1.22 bits per heavy atom. The van der Waals surface area contributed by atoms with Gasteiger partial charge in [0, 0.05) is 5.54 Å². The molecule has 0 atom stereocenters. The van der Waals surface area contributed by atoms with Crippen molar-refractivity contribution in [2.24, 2.45) is 5.73 Å². The van der Waals surface area contributed by atoms with Crippen LogP contribution in [-0.2, 0) is 12.0 Å². The fourth-order valence-electron chi connectivity index (χ4n) is 3.58. The van der Waals surface area contributed by atoms with E-state index in [0.29, 0.717) is 10.0 Å². The summed E-state index contributed by atoms with van der Waals surface area (Å²) in [7, 11) is 0. The van der Waals surface area contributed by atoms with Gasteiger partial charge in [-0.15, -0.1) is 12.4 Å². The van der Waals surface area contributed by atoms with Gasteiger partial charge in [0.15, 0.2) is 0 Å². The molecule has 1 nitrogen and oxygen atoms in total. The molecule has 27 heavy (non-hydrogen) atoms. The number of hydrogen-bond acceptors (Lipinski definition) is 1. The molecule has 0 aliphatic heterocycles. The molecule has 0 saturated heterocycles. The number of hydrogen-bond donors (Lipinski definition) is 1. The van der Waals surface area contributed by atoms with Crippen LogP contribution in [0.25, 0.3) is 0 Å². The highest BCUT2D eigenvalue weighted by Crippen LogP contribution is 2.34. The van der Waals surface area contributed by atoms with Crippen LogP contribution in [0.1, 0.15) is 109 Å². The maximum absolute atomic E-state index is 6.46. The van der Waals surface area contributed by atoms with Gasteiger partial charge in [0.1, 0.15) is 0 Å². The van der Waals surface area contributed by atoms with Crippen molar-refractivity contribution in [2.45, 2.75) is 110 Å². The largest absolute Gasteiger partial charge is 0.322 e. The zero-order chi connectivity index (χ0) is 19.4. The summed E-state index contributed by atoms with van der Waals surface area (Å²) >= 11 is 12.7. The molecular weight excluding hydrogens is 397 g/mol. The predicted octanol–water partition coefficient (Wildman–Crippen LogP) is 8.85. The fraction of sp³-hybridized carbons (Fsp3) is 0.739. The van der Waals surface area contributed by atoms with Gasteiger partial charge in [0.05, 0.1) is 10.0 Å². The molecule has 0 radical (unpaired) electrons. The molecule has 0 heterocycles. The highest BCUT2D eigenvalue weighted by atomic mass is 35.5. The van der Waals surface area contributed by atoms with E-state index in [0.717, 1.165) is 24.0 Å². The topological polar surface area (TPSA) is 26.0 Å². The molecule has 0 aliphatic rings. The van der Waals surface area contributed by atoms with E-state index in [2.05, 4.69) is 6.92 Å². The monoisotopic (exact) mass is 435 g/mol. The van der Waals surface area contributed by atoms with Gasteiger partial charge < -0.3 is 5.73 Å². The number of halogens is 3. The second-order valence-electron chi connectivity index (χ2n) is 8.25. The highest BCUT2D eigenvalue weighted by Gasteiger charge is 2.21. The van der Waals surface area contributed by atoms with Crippen molar-refractivity contribution in [3.05, 3.63) is 33.3 Å². The van der Waals surface area contributed by atoms with Gasteiger partial charge in [-0.1, -0.05) is 107 Å². The smallest absolute Gasteiger partial charge is 0.0627 e. The van der Waals surface area contributed by atoms with E-state index in [9.17, 15) is 0 Å². The molecule has 0 aliphatic carbocycles. The van der Waals surface area contributed by atoms with Crippen molar-refractivity contribution >= 4 is 35.6 Å². The maximum Gasteiger partial charge on any atom is 0.0627 e. The Labute approximate surface area is 184 Å². The first-order valence-corrected chi connectivity index (χ1v) is 11.4. The third-order valence-electron chi connectivity index (χ3n) is 5.17. The minimum Gasteiger partial charge on any atom is -0.322 e. The molecule has 0 fully saturated rings. The van der Waals surface area contributed by atoms with Crippen LogP contribution in [0.5, 0.6) is 0 Å². The van der Waals surface area contributed by atoms with Crippen LogP contribution in [0.3, 0.4) is 0 Å². The first-order chi connectivity index (χ1) is 12.4. The number of unbranched alkanes of at least 4 members (excludes halogenated alkanes) is 11. The summed E-state index contributed by atoms with van der Waals surface area (Å²) in [6.07, 6.45) is 17.2. The van der Waals surface area contributed by atoms with Crippen LogP contribution < -0.4 is 5.73 Å². The lowest BCUT2D eigenvalue weighted by molar-refractivity contribution is 0.535. The molecule has 0 bridgehead atoms. The fourth-order valence-corrected chi connectivity index (χ4v) is 4.02. The molecule has 0 unspecified atom stereocenters. The SMILES string of the molecule is CCCCCCCCCCCCCCc1c(C(C)(C)N)ccc(Cl)c1Cl.Cl. The highest BCUT2D eigenvalue weighted by molar-refractivity contribution is 6.42. The zero-order valence-corrected chi connectivity index (χ0v) is 19.9. The average molecular weight is 437 g/mol. The molecule has 0 spiro atoms. The second-order valence-corrected chi connectivity index (χ2v) is 9.03. The Balaban J connectivity index is 0.00000676. The quantitative estimate of drug-likeness (QED) is 0.289. The molecule has 1 rings (SSSR count). The third-order valence-corrected chi connectivity index (χ3v) is 6.01. The first kappa shape index (κ1) is 27.0. The average Bonchev–Trinajstić information content (AvgIpc) is 2.58. The molecule has 4 heteroatoms. The summed E-state index contributed by atoms with van der Waals surface area (Å²) in [6, 6.07) is 3.89. The van der Waals surface area contributed by atoms with Crippen LogP contribution >= 0.6 is 35.6 Å². The van der Waals surface area contributed by atoms with Crippen LogP contribution in [0, 0.1) is 0 Å². The van der Waals surface area contributed by atoms with Gasteiger partial charge in [-0.05, 0) is 43.9 Å². The zero-order valence-electron chi connectivity index (χ0n) is 17.6. The van der Waals surface area contributed by atoms with Crippen LogP contribution in [0.2, 0.25) is 10.0 Å². The Kier molecular flexibility index (Phi) is 15.0. The lowest BCUT2D eigenvalue weighted by Gasteiger charge is -2.24. The molecule has 2 N–H and O–H groups in total. The Morgan fingerprint density at radius 1 is 0.778 bits per heavy atom. The van der Waals surface area contributed by atoms with E-state index in [1.54, 1.807) is 0 Å². The standard InChI is InChI=1S/C23H39Cl2N.ClH/c1-4-5-6-7-8-9-10-11-12-13-14-15-16-19-20(23(2,3)26)17-18-21(24)22(19)25;/h17-18H,4-16,26H2,1-3H3;1H. The van der Waals surface area contributed by atoms with E-state index in [1.165, 1.54) is 70.6 Å². The van der Waals surface area contributed by atoms with E-state index in [-0.39, 0.29) is 17.9 Å². The molecular formula is C23H40Cl3N. The number of nitrogens with two attached hydrogens (primary N) is 1. The van der Waals surface area contributed by atoms with Crippen molar-refractivity contribution < 1.29 is 0 Å². The lowest BCUT2D eigenvalue weighted by atomic mass is 9.88. The number of benzene rings is 1. The van der Waals surface area contributed by atoms with Gasteiger partial charge >= 0.3 is 0 Å². The van der Waals surface area contributed by atoms with E-state index < -0.39 is 0 Å². The van der Waals surface area contributed by atoms with Crippen molar-refractivity contribution in [1.82, 2.24) is 0 Å². The summed E-state index contributed by atoms with van der Waals surface area (Å²) in [5.41, 5.74) is 8.18. The molecule has 0 aromatic heterocycles. The van der Waals surface area contributed by atoms with Crippen LogP contribution in [0.15, 0.2) is 12.1 Å². The van der Waals surface area contributed by atoms with Crippen LogP contribution in [-0.4, -0.2) is 0 Å². The van der Waals surface area contributed by atoms with E-state index >= 15 is 0 Å². The second kappa shape index (κ2) is 15.0. The van der Waals surface area contributed by atoms with E-state index in [1.807, 2.05) is 26.0 Å². The van der Waals surface area contributed by atoms with Crippen LogP contribution in [0.4, 0.5) is 0 Å². The molecule has 0 saturated carbocycles. The Morgan fingerprint density at radius 3 is 1.67 bits per heavy atom. The summed E-state index contributed by atoms with van der Waals surface area (Å²) in [4.78, 5) is 0. The summed E-state index contributed by atoms with van der Waals surface area (Å²) in [5, 5.41) is 1.32. The summed E-state index contributed by atoms with van der Waals surface area (Å²) in [6.45, 7) is 6.33. The molecule has 0 amide bonds. The van der Waals surface area contributed by atoms with E-state index in [4.69, 9.17) is 28.9 Å². The molecule has 1 aromatic carbocycles. The van der Waals surface area contributed by atoms with Gasteiger partial charge in [-0.2, -0.15) is 0 Å². The minimum atomic E-state index is -0.388. The number of rotatable bonds is 14. The predicted molar refractivity (Wildman–Crippen MR) is 126 cm³/mol. The van der Waals surface area contributed by atoms with Gasteiger partial charge in [0.25, 0.3) is 0 Å². The van der Waals surface area contributed by atoms with Gasteiger partial charge in [-0.3, -0.25) is 0 Å². The normalized spacial score (nSPS) is 11.5. The lowest BCUT2D eigenvalue weighted by Crippen LogP contribution is -2.30. The van der Waals surface area contributed by atoms with Gasteiger partial charge in [-0.25, -0.2) is 0 Å². The Hall–Kier alpha value is 0.0500. The molecule has 1 aromatic rings. The Bertz CT molecular complexity index is 509.